The number of ether oxygens (including phenoxy) is 4. The van der Waals surface area contributed by atoms with Crippen molar-refractivity contribution in [3.8, 4) is 46.7 Å². The molecule has 4 nitrogen and oxygen atoms in total. The van der Waals surface area contributed by atoms with Crippen LogP contribution in [0.1, 0.15) is 281 Å². The maximum atomic E-state index is 6.47. The highest BCUT2D eigenvalue weighted by atomic mass is 16.5. The first-order chi connectivity index (χ1) is 34.7. The highest BCUT2D eigenvalue weighted by Gasteiger charge is 2.12. The molecule has 0 bridgehead atoms. The molecule has 390 valence electrons. The van der Waals surface area contributed by atoms with Crippen LogP contribution in [0, 0.1) is 23.7 Å². The fourth-order valence-corrected chi connectivity index (χ4v) is 8.94. The summed E-state index contributed by atoms with van der Waals surface area (Å²) in [6, 6.07) is 20.5. The van der Waals surface area contributed by atoms with Gasteiger partial charge in [0.15, 0.2) is 0 Å². The molecule has 0 aliphatic rings. The smallest absolute Gasteiger partial charge is 0.136 e. The lowest BCUT2D eigenvalue weighted by atomic mass is 10.0. The first kappa shape index (κ1) is 60.3. The van der Waals surface area contributed by atoms with Gasteiger partial charge < -0.3 is 18.9 Å². The van der Waals surface area contributed by atoms with E-state index in [1.54, 1.807) is 0 Å². The molecule has 70 heavy (non-hydrogen) atoms. The van der Waals surface area contributed by atoms with Crippen LogP contribution in [-0.4, -0.2) is 26.4 Å². The molecule has 0 aliphatic heterocycles. The summed E-state index contributed by atoms with van der Waals surface area (Å²) in [6.45, 7) is 11.9. The molecule has 0 atom stereocenters. The van der Waals surface area contributed by atoms with E-state index in [-0.39, 0.29) is 0 Å². The Bertz CT molecular complexity index is 1650. The molecule has 0 unspecified atom stereocenters. The zero-order valence-electron chi connectivity index (χ0n) is 45.7. The Morgan fingerprint density at radius 3 is 0.757 bits per heavy atom. The molecule has 0 aromatic heterocycles. The van der Waals surface area contributed by atoms with Crippen molar-refractivity contribution in [2.45, 2.75) is 259 Å². The lowest BCUT2D eigenvalue weighted by molar-refractivity contribution is 0.295. The van der Waals surface area contributed by atoms with Crippen LogP contribution in [-0.2, 0) is 0 Å². The molecule has 3 aromatic rings. The Morgan fingerprint density at radius 2 is 0.486 bits per heavy atom. The predicted molar refractivity (Wildman–Crippen MR) is 302 cm³/mol. The molecule has 0 aliphatic carbocycles. The maximum Gasteiger partial charge on any atom is 0.136 e. The Labute approximate surface area is 432 Å². The molecular formula is C66H102O4. The van der Waals surface area contributed by atoms with Gasteiger partial charge in [-0.25, -0.2) is 0 Å². The van der Waals surface area contributed by atoms with E-state index in [2.05, 4.69) is 75.6 Å². The van der Waals surface area contributed by atoms with Gasteiger partial charge in [0.2, 0.25) is 0 Å². The first-order valence-corrected chi connectivity index (χ1v) is 29.6. The second-order valence-corrected chi connectivity index (χ2v) is 20.1. The second-order valence-electron chi connectivity index (χ2n) is 20.1. The lowest BCUT2D eigenvalue weighted by Gasteiger charge is -2.14. The van der Waals surface area contributed by atoms with E-state index in [0.29, 0.717) is 13.2 Å². The van der Waals surface area contributed by atoms with E-state index in [0.717, 1.165) is 97.0 Å². The van der Waals surface area contributed by atoms with E-state index in [1.807, 2.05) is 36.4 Å². The van der Waals surface area contributed by atoms with E-state index in [4.69, 9.17) is 18.9 Å². The van der Waals surface area contributed by atoms with Crippen LogP contribution >= 0.6 is 0 Å². The van der Waals surface area contributed by atoms with Crippen LogP contribution in [0.3, 0.4) is 0 Å². The van der Waals surface area contributed by atoms with E-state index in [1.165, 1.54) is 193 Å². The summed E-state index contributed by atoms with van der Waals surface area (Å²) in [5.74, 6) is 17.0. The summed E-state index contributed by atoms with van der Waals surface area (Å²) in [5.41, 5.74) is 3.53. The summed E-state index contributed by atoms with van der Waals surface area (Å²) in [6.07, 6.45) is 47.2. The molecule has 0 saturated heterocycles. The molecule has 3 rings (SSSR count). The highest BCUT2D eigenvalue weighted by Crippen LogP contribution is 2.30. The third kappa shape index (κ3) is 31.3. The zero-order chi connectivity index (χ0) is 49.6. The van der Waals surface area contributed by atoms with Crippen molar-refractivity contribution >= 4 is 0 Å². The molecule has 4 heteroatoms. The molecule has 3 aromatic carbocycles. The Balaban J connectivity index is 1.53. The average Bonchev–Trinajstić information content (AvgIpc) is 3.38. The normalized spacial score (nSPS) is 10.9. The van der Waals surface area contributed by atoms with Crippen molar-refractivity contribution < 1.29 is 18.9 Å². The summed E-state index contributed by atoms with van der Waals surface area (Å²) >= 11 is 0. The van der Waals surface area contributed by atoms with Crippen molar-refractivity contribution in [1.82, 2.24) is 0 Å². The quantitative estimate of drug-likeness (QED) is 0.0418. The average molecular weight is 960 g/mol. The highest BCUT2D eigenvalue weighted by molar-refractivity contribution is 5.60. The SMILES string of the molecule is CCCCCCCCCCCCCCCCOc1ccc(C#Cc2cc(OCCCCCC)c(C#Cc3ccc(OCCCCCCCCCCCCCCCC)cc3)cc2OCCCCCC)cc1. The van der Waals surface area contributed by atoms with Gasteiger partial charge >= 0.3 is 0 Å². The summed E-state index contributed by atoms with van der Waals surface area (Å²) in [4.78, 5) is 0. The van der Waals surface area contributed by atoms with Crippen LogP contribution in [0.25, 0.3) is 0 Å². The number of hydrogen-bond donors (Lipinski definition) is 0. The van der Waals surface area contributed by atoms with E-state index >= 15 is 0 Å². The fourth-order valence-electron chi connectivity index (χ4n) is 8.94. The Hall–Kier alpha value is -4.02. The minimum Gasteiger partial charge on any atom is -0.494 e. The van der Waals surface area contributed by atoms with Gasteiger partial charge in [0.05, 0.1) is 37.6 Å². The lowest BCUT2D eigenvalue weighted by Crippen LogP contribution is -2.03. The van der Waals surface area contributed by atoms with Crippen molar-refractivity contribution in [1.29, 1.82) is 0 Å². The maximum absolute atomic E-state index is 6.47. The largest absolute Gasteiger partial charge is 0.494 e. The molecular weight excluding hydrogens is 857 g/mol. The number of hydrogen-bond acceptors (Lipinski definition) is 4. The third-order valence-electron chi connectivity index (χ3n) is 13.5. The second kappa shape index (κ2) is 43.7. The molecule has 0 saturated carbocycles. The number of rotatable bonds is 44. The molecule has 0 amide bonds. The van der Waals surface area contributed by atoms with Crippen LogP contribution in [0.4, 0.5) is 0 Å². The standard InChI is InChI=1S/C66H102O4/c1-5-9-13-17-19-21-23-25-27-29-31-33-35-39-53-67-63-49-43-59(44-50-63)41-47-61-57-66(70-56-38-16-12-8-4)62(58-65(61)69-55-37-15-11-7-3)48-42-60-45-51-64(52-46-60)68-54-40-36-34-32-30-28-26-24-22-20-18-14-10-6-2/h43-46,49-52,57-58H,5-40,53-56H2,1-4H3. The summed E-state index contributed by atoms with van der Waals surface area (Å²) in [7, 11) is 0. The van der Waals surface area contributed by atoms with E-state index in [9.17, 15) is 0 Å². The fraction of sp³-hybridized carbons (Fsp3) is 0.667. The minimum atomic E-state index is 0.644. The Morgan fingerprint density at radius 1 is 0.257 bits per heavy atom. The molecule has 0 radical (unpaired) electrons. The minimum absolute atomic E-state index is 0.644. The zero-order valence-corrected chi connectivity index (χ0v) is 45.7. The van der Waals surface area contributed by atoms with Gasteiger partial charge in [-0.05, 0) is 74.2 Å². The van der Waals surface area contributed by atoms with Gasteiger partial charge in [-0.3, -0.25) is 0 Å². The van der Waals surface area contributed by atoms with Crippen molar-refractivity contribution in [3.05, 3.63) is 82.9 Å². The van der Waals surface area contributed by atoms with Crippen molar-refractivity contribution in [3.63, 3.8) is 0 Å². The van der Waals surface area contributed by atoms with Crippen LogP contribution in [0.5, 0.6) is 23.0 Å². The first-order valence-electron chi connectivity index (χ1n) is 29.6. The number of benzene rings is 3. The van der Waals surface area contributed by atoms with Crippen LogP contribution in [0.15, 0.2) is 60.7 Å². The molecule has 0 N–H and O–H groups in total. The van der Waals surface area contributed by atoms with Gasteiger partial charge in [0.1, 0.15) is 23.0 Å². The van der Waals surface area contributed by atoms with Crippen LogP contribution < -0.4 is 18.9 Å². The summed E-state index contributed by atoms with van der Waals surface area (Å²) < 4.78 is 25.2. The third-order valence-corrected chi connectivity index (χ3v) is 13.5. The van der Waals surface area contributed by atoms with E-state index < -0.39 is 0 Å². The summed E-state index contributed by atoms with van der Waals surface area (Å²) in [5, 5.41) is 0. The van der Waals surface area contributed by atoms with Crippen molar-refractivity contribution in [2.24, 2.45) is 0 Å². The molecule has 0 heterocycles. The Kier molecular flexibility index (Phi) is 37.7. The van der Waals surface area contributed by atoms with Crippen molar-refractivity contribution in [2.75, 3.05) is 26.4 Å². The van der Waals surface area contributed by atoms with Gasteiger partial charge in [0.25, 0.3) is 0 Å². The molecule has 0 fully saturated rings. The van der Waals surface area contributed by atoms with Crippen LogP contribution in [0.2, 0.25) is 0 Å². The monoisotopic (exact) mass is 959 g/mol. The van der Waals surface area contributed by atoms with Gasteiger partial charge in [0, 0.05) is 23.3 Å². The predicted octanol–water partition coefficient (Wildman–Crippen LogP) is 20.1. The topological polar surface area (TPSA) is 36.9 Å². The van der Waals surface area contributed by atoms with Gasteiger partial charge in [-0.2, -0.15) is 0 Å². The van der Waals surface area contributed by atoms with Gasteiger partial charge in [-0.15, -0.1) is 0 Å². The molecule has 0 spiro atoms. The number of unbranched alkanes of at least 4 members (excludes halogenated alkanes) is 32. The van der Waals surface area contributed by atoms with Gasteiger partial charge in [-0.1, -0.05) is 257 Å².